The van der Waals surface area contributed by atoms with Crippen molar-refractivity contribution in [2.24, 2.45) is 0 Å². The molecule has 42 heavy (non-hydrogen) atoms. The number of aryl methyl sites for hydroxylation is 1. The van der Waals surface area contributed by atoms with E-state index in [0.717, 1.165) is 31.2 Å². The van der Waals surface area contributed by atoms with Crippen LogP contribution in [0.4, 0.5) is 43.9 Å². The first-order valence-electron chi connectivity index (χ1n) is 12.6. The predicted molar refractivity (Wildman–Crippen MR) is 136 cm³/mol. The van der Waals surface area contributed by atoms with E-state index in [1.165, 1.54) is 5.92 Å². The number of halogens is 10. The van der Waals surface area contributed by atoms with Gasteiger partial charge in [-0.2, -0.15) is 22.0 Å². The lowest BCUT2D eigenvalue weighted by Crippen LogP contribution is -2.25. The van der Waals surface area contributed by atoms with Crippen molar-refractivity contribution in [3.05, 3.63) is 100 Å². The Balaban J connectivity index is 1.64. The minimum Gasteiger partial charge on any atom is -0.429 e. The summed E-state index contributed by atoms with van der Waals surface area (Å²) in [6, 6.07) is 9.18. The maximum absolute atomic E-state index is 15.0. The Morgan fingerprint density at radius 3 is 1.95 bits per heavy atom. The van der Waals surface area contributed by atoms with Crippen LogP contribution in [0.15, 0.2) is 54.6 Å². The molecule has 4 aromatic rings. The number of benzene rings is 4. The van der Waals surface area contributed by atoms with E-state index >= 15 is 0 Å². The molecule has 0 aromatic heterocycles. The van der Waals surface area contributed by atoms with E-state index in [-0.39, 0.29) is 11.6 Å². The van der Waals surface area contributed by atoms with Gasteiger partial charge in [-0.25, -0.2) is 22.0 Å². The molecular formula is C31H20F10O. The Morgan fingerprint density at radius 2 is 1.36 bits per heavy atom. The van der Waals surface area contributed by atoms with Gasteiger partial charge in [0.1, 0.15) is 34.6 Å². The van der Waals surface area contributed by atoms with Crippen LogP contribution < -0.4 is 4.74 Å². The number of ether oxygens (including phenoxy) is 1. The normalized spacial score (nSPS) is 11.9. The third-order valence-electron chi connectivity index (χ3n) is 6.32. The summed E-state index contributed by atoms with van der Waals surface area (Å²) < 4.78 is 145. The zero-order chi connectivity index (χ0) is 30.8. The lowest BCUT2D eigenvalue weighted by atomic mass is 9.99. The summed E-state index contributed by atoms with van der Waals surface area (Å²) in [6.45, 7) is 2.06. The predicted octanol–water partition coefficient (Wildman–Crippen LogP) is 9.98. The van der Waals surface area contributed by atoms with Crippen molar-refractivity contribution >= 4 is 10.8 Å². The van der Waals surface area contributed by atoms with Crippen molar-refractivity contribution in [3.63, 3.8) is 0 Å². The van der Waals surface area contributed by atoms with Crippen LogP contribution in [0.2, 0.25) is 0 Å². The minimum absolute atomic E-state index is 0.0308. The zero-order valence-electron chi connectivity index (χ0n) is 21.7. The third-order valence-corrected chi connectivity index (χ3v) is 6.32. The molecule has 0 spiro atoms. The third kappa shape index (κ3) is 6.81. The Bertz CT molecular complexity index is 1660. The van der Waals surface area contributed by atoms with Gasteiger partial charge in [0, 0.05) is 12.0 Å². The van der Waals surface area contributed by atoms with E-state index in [4.69, 9.17) is 0 Å². The van der Waals surface area contributed by atoms with Crippen LogP contribution in [0, 0.1) is 40.9 Å². The fourth-order valence-electron chi connectivity index (χ4n) is 4.35. The fraction of sp³-hybridized carbons (Fsp3) is 0.226. The lowest BCUT2D eigenvalue weighted by molar-refractivity contribution is -0.189. The van der Waals surface area contributed by atoms with E-state index in [9.17, 15) is 43.9 Å². The molecule has 0 fully saturated rings. The summed E-state index contributed by atoms with van der Waals surface area (Å²) in [7, 11) is 0. The molecule has 0 bridgehead atoms. The quantitative estimate of drug-likeness (QED) is 0.111. The molecule has 0 amide bonds. The van der Waals surface area contributed by atoms with Gasteiger partial charge >= 0.3 is 12.3 Å². The van der Waals surface area contributed by atoms with Gasteiger partial charge in [-0.3, -0.25) is 0 Å². The SMILES string of the molecule is CCCCCc1ccc(-c2cc(F)c(C(F)(F)Oc3cc(F)c4c(F)c(C#CC(F)(F)F)c(F)cc4c3)c(F)c2)cc1. The second kappa shape index (κ2) is 12.0. The second-order valence-corrected chi connectivity index (χ2v) is 9.39. The molecule has 0 aliphatic heterocycles. The average molecular weight is 598 g/mol. The summed E-state index contributed by atoms with van der Waals surface area (Å²) in [6.07, 6.45) is -5.97. The van der Waals surface area contributed by atoms with Crippen molar-refractivity contribution in [2.45, 2.75) is 44.9 Å². The van der Waals surface area contributed by atoms with Gasteiger partial charge in [0.25, 0.3) is 0 Å². The molecular weight excluding hydrogens is 578 g/mol. The Kier molecular flexibility index (Phi) is 8.76. The highest BCUT2D eigenvalue weighted by Gasteiger charge is 2.41. The van der Waals surface area contributed by atoms with E-state index in [1.54, 1.807) is 24.3 Å². The Morgan fingerprint density at radius 1 is 0.714 bits per heavy atom. The van der Waals surface area contributed by atoms with E-state index in [2.05, 4.69) is 11.7 Å². The summed E-state index contributed by atoms with van der Waals surface area (Å²) in [4.78, 5) is 0. The first-order chi connectivity index (χ1) is 19.7. The standard InChI is InChI=1S/C31H20F10O/c1-2-3-4-5-17-6-8-18(9-7-17)19-13-25(34)28(26(35)14-19)31(40,41)42-21-12-20-15-23(32)22(10-11-30(37,38)39)29(36)27(20)24(33)16-21/h6-9,12-16H,2-5H2,1H3. The first-order valence-corrected chi connectivity index (χ1v) is 12.6. The minimum atomic E-state index is -5.10. The molecule has 11 heteroatoms. The van der Waals surface area contributed by atoms with Crippen LogP contribution >= 0.6 is 0 Å². The zero-order valence-corrected chi connectivity index (χ0v) is 21.7. The molecule has 0 heterocycles. The number of alkyl halides is 5. The molecule has 0 aliphatic rings. The average Bonchev–Trinajstić information content (AvgIpc) is 2.87. The highest BCUT2D eigenvalue weighted by molar-refractivity contribution is 5.87. The monoisotopic (exact) mass is 598 g/mol. The molecule has 0 radical (unpaired) electrons. The van der Waals surface area contributed by atoms with Crippen LogP contribution in [0.3, 0.4) is 0 Å². The first kappa shape index (κ1) is 30.8. The smallest absolute Gasteiger partial charge is 0.429 e. The lowest BCUT2D eigenvalue weighted by Gasteiger charge is -2.20. The molecule has 1 nitrogen and oxygen atoms in total. The van der Waals surface area contributed by atoms with Crippen LogP contribution in [-0.4, -0.2) is 6.18 Å². The van der Waals surface area contributed by atoms with Gasteiger partial charge in [0.15, 0.2) is 5.82 Å². The summed E-state index contributed by atoms with van der Waals surface area (Å²) >= 11 is 0. The number of hydrogen-bond donors (Lipinski definition) is 0. The van der Waals surface area contributed by atoms with Crippen molar-refractivity contribution in [1.29, 1.82) is 0 Å². The molecule has 0 saturated heterocycles. The maximum Gasteiger partial charge on any atom is 0.458 e. The van der Waals surface area contributed by atoms with Gasteiger partial charge in [-0.15, -0.1) is 0 Å². The van der Waals surface area contributed by atoms with Crippen molar-refractivity contribution in [1.82, 2.24) is 0 Å². The van der Waals surface area contributed by atoms with Crippen LogP contribution in [-0.2, 0) is 12.5 Å². The largest absolute Gasteiger partial charge is 0.458 e. The maximum atomic E-state index is 15.0. The molecule has 4 rings (SSSR count). The van der Waals surface area contributed by atoms with Gasteiger partial charge in [0.2, 0.25) is 0 Å². The van der Waals surface area contributed by atoms with Crippen LogP contribution in [0.1, 0.15) is 42.9 Å². The molecule has 0 atom stereocenters. The van der Waals surface area contributed by atoms with Crippen molar-refractivity contribution in [2.75, 3.05) is 0 Å². The molecule has 0 unspecified atom stereocenters. The summed E-state index contributed by atoms with van der Waals surface area (Å²) in [5.41, 5.74) is -1.86. The number of fused-ring (bicyclic) bond motifs is 1. The van der Waals surface area contributed by atoms with E-state index in [0.29, 0.717) is 35.7 Å². The van der Waals surface area contributed by atoms with Crippen LogP contribution in [0.25, 0.3) is 21.9 Å². The van der Waals surface area contributed by atoms with Crippen molar-refractivity contribution in [3.8, 4) is 28.7 Å². The Labute approximate surface area is 233 Å². The van der Waals surface area contributed by atoms with Gasteiger partial charge in [-0.05, 0) is 59.2 Å². The van der Waals surface area contributed by atoms with E-state index < -0.39 is 69.0 Å². The highest BCUT2D eigenvalue weighted by Crippen LogP contribution is 2.39. The van der Waals surface area contributed by atoms with Crippen LogP contribution in [0.5, 0.6) is 5.75 Å². The molecule has 0 saturated carbocycles. The highest BCUT2D eigenvalue weighted by atomic mass is 19.4. The van der Waals surface area contributed by atoms with Gasteiger partial charge < -0.3 is 4.74 Å². The van der Waals surface area contributed by atoms with E-state index in [1.807, 2.05) is 0 Å². The van der Waals surface area contributed by atoms with Gasteiger partial charge in [0.05, 0.1) is 10.9 Å². The molecule has 0 N–H and O–H groups in total. The molecule has 220 valence electrons. The Hall–Kier alpha value is -4.20. The summed E-state index contributed by atoms with van der Waals surface area (Å²) in [5.74, 6) is -7.60. The number of unbranched alkanes of at least 4 members (excludes halogenated alkanes) is 2. The van der Waals surface area contributed by atoms with Gasteiger partial charge in [-0.1, -0.05) is 50.0 Å². The fourth-order valence-corrected chi connectivity index (χ4v) is 4.35. The molecule has 0 aliphatic carbocycles. The summed E-state index contributed by atoms with van der Waals surface area (Å²) in [5, 5.41) is -1.78. The number of hydrogen-bond acceptors (Lipinski definition) is 1. The topological polar surface area (TPSA) is 9.23 Å². The number of rotatable bonds is 8. The molecule has 4 aromatic carbocycles. The van der Waals surface area contributed by atoms with Crippen molar-refractivity contribution < 1.29 is 48.6 Å². The second-order valence-electron chi connectivity index (χ2n) is 9.39.